The molecule has 3 aromatic rings. The molecule has 36 heavy (non-hydrogen) atoms. The Bertz CT molecular complexity index is 1360. The van der Waals surface area contributed by atoms with Gasteiger partial charge in [-0.2, -0.15) is 0 Å². The van der Waals surface area contributed by atoms with Crippen LogP contribution in [0, 0.1) is 0 Å². The van der Waals surface area contributed by atoms with Crippen LogP contribution in [-0.4, -0.2) is 44.6 Å². The average Bonchev–Trinajstić information content (AvgIpc) is 3.46. The number of halogens is 1. The molecular weight excluding hydrogens is 457 g/mol. The second-order valence-corrected chi connectivity index (χ2v) is 8.78. The van der Waals surface area contributed by atoms with Crippen LogP contribution in [0.4, 0.5) is 10.2 Å². The van der Waals surface area contributed by atoms with Gasteiger partial charge in [0.25, 0.3) is 5.91 Å². The van der Waals surface area contributed by atoms with Crippen LogP contribution in [0.1, 0.15) is 42.5 Å². The smallest absolute Gasteiger partial charge is 0.270 e. The summed E-state index contributed by atoms with van der Waals surface area (Å²) in [6.07, 6.45) is 6.40. The van der Waals surface area contributed by atoms with Gasteiger partial charge in [0, 0.05) is 41.3 Å². The molecule has 0 saturated carbocycles. The minimum Gasteiger partial charge on any atom is -0.370 e. The number of ether oxygens (including phenoxy) is 1. The summed E-state index contributed by atoms with van der Waals surface area (Å²) >= 11 is 0. The minimum absolute atomic E-state index is 0.0679. The number of carbonyl (C=O) groups excluding carboxylic acids is 1. The monoisotopic (exact) mass is 489 g/mol. The molecule has 1 atom stereocenters. The maximum absolute atomic E-state index is 13.6. The Kier molecular flexibility index (Phi) is 7.64. The number of aromatic nitrogens is 3. The van der Waals surface area contributed by atoms with Crippen molar-refractivity contribution in [3.63, 3.8) is 0 Å². The van der Waals surface area contributed by atoms with Crippen LogP contribution >= 0.6 is 0 Å². The van der Waals surface area contributed by atoms with Crippen molar-refractivity contribution in [2.24, 2.45) is 7.05 Å². The number of allylic oxidation sites excluding steroid dienone is 4. The lowest BCUT2D eigenvalue weighted by molar-refractivity contribution is 0.0716. The van der Waals surface area contributed by atoms with E-state index in [2.05, 4.69) is 11.9 Å². The fourth-order valence-corrected chi connectivity index (χ4v) is 4.36. The topological polar surface area (TPSA) is 72.3 Å². The van der Waals surface area contributed by atoms with Crippen molar-refractivity contribution in [2.75, 3.05) is 18.4 Å². The van der Waals surface area contributed by atoms with Crippen molar-refractivity contribution >= 4 is 22.6 Å². The van der Waals surface area contributed by atoms with E-state index in [1.54, 1.807) is 6.08 Å². The van der Waals surface area contributed by atoms with E-state index in [9.17, 15) is 9.18 Å². The zero-order chi connectivity index (χ0) is 25.8. The Morgan fingerprint density at radius 3 is 2.83 bits per heavy atom. The second kappa shape index (κ2) is 10.9. The van der Waals surface area contributed by atoms with Crippen LogP contribution in [-0.2, 0) is 25.0 Å². The summed E-state index contributed by atoms with van der Waals surface area (Å²) in [5, 5.41) is 4.30. The van der Waals surface area contributed by atoms with E-state index >= 15 is 0 Å². The zero-order valence-corrected chi connectivity index (χ0v) is 21.2. The van der Waals surface area contributed by atoms with Crippen molar-refractivity contribution < 1.29 is 13.9 Å². The molecule has 3 heterocycles. The molecule has 1 unspecified atom stereocenters. The average molecular weight is 490 g/mol. The number of alkyl halides is 1. The molecule has 0 spiro atoms. The largest absolute Gasteiger partial charge is 0.370 e. The first-order valence-corrected chi connectivity index (χ1v) is 12.1. The highest BCUT2D eigenvalue weighted by molar-refractivity contribution is 5.99. The number of hydrogen-bond acceptors (Lipinski definition) is 5. The maximum Gasteiger partial charge on any atom is 0.270 e. The van der Waals surface area contributed by atoms with E-state index in [4.69, 9.17) is 14.7 Å². The summed E-state index contributed by atoms with van der Waals surface area (Å²) in [6.45, 7) is 10.4. The lowest BCUT2D eigenvalue weighted by atomic mass is 10.1. The lowest BCUT2D eigenvalue weighted by Crippen LogP contribution is -2.36. The molecule has 0 saturated heterocycles. The summed E-state index contributed by atoms with van der Waals surface area (Å²) in [5.41, 5.74) is 4.85. The third kappa shape index (κ3) is 5.09. The predicted molar refractivity (Wildman–Crippen MR) is 141 cm³/mol. The Morgan fingerprint density at radius 2 is 2.14 bits per heavy atom. The standard InChI is InChI=1S/C28H32FN5O2/c1-6-9-21(10-7-2)30-27-22-16-36-17-23(22)31-26(32-27)20-12-11-19-13-25(33(5)24(19)14-20)28(35)34(8-3)15-18(4)29/h6-7,9-14,18H,1,8,15-17H2,2-5H3,(H,30,31,32)/b10-7-,21-9+. The summed E-state index contributed by atoms with van der Waals surface area (Å²) < 4.78 is 21.1. The highest BCUT2D eigenvalue weighted by Gasteiger charge is 2.23. The highest BCUT2D eigenvalue weighted by Crippen LogP contribution is 2.31. The first-order chi connectivity index (χ1) is 17.4. The SMILES string of the molecule is C=C/C=C(\C=C/C)Nc1nc(-c2ccc3cc(C(=O)N(CC)CC(C)F)n(C)c3c2)nc2c1COC2. The number of nitrogens with one attached hydrogen (secondary N) is 1. The van der Waals surface area contributed by atoms with Crippen LogP contribution < -0.4 is 5.32 Å². The molecule has 1 amide bonds. The zero-order valence-electron chi connectivity index (χ0n) is 21.2. The molecule has 188 valence electrons. The van der Waals surface area contributed by atoms with Crippen molar-refractivity contribution in [3.05, 3.63) is 77.8 Å². The normalized spacial score (nSPS) is 14.3. The number of anilines is 1. The fourth-order valence-electron chi connectivity index (χ4n) is 4.36. The minimum atomic E-state index is -1.09. The van der Waals surface area contributed by atoms with Crippen molar-refractivity contribution in [1.82, 2.24) is 19.4 Å². The predicted octanol–water partition coefficient (Wildman–Crippen LogP) is 5.54. The van der Waals surface area contributed by atoms with E-state index in [0.717, 1.165) is 33.4 Å². The molecule has 1 aliphatic heterocycles. The molecule has 7 nitrogen and oxygen atoms in total. The van der Waals surface area contributed by atoms with Crippen molar-refractivity contribution in [2.45, 2.75) is 40.2 Å². The summed E-state index contributed by atoms with van der Waals surface area (Å²) in [4.78, 5) is 24.3. The van der Waals surface area contributed by atoms with E-state index in [1.807, 2.05) is 68.0 Å². The van der Waals surface area contributed by atoms with Crippen LogP contribution in [0.5, 0.6) is 0 Å². The third-order valence-corrected chi connectivity index (χ3v) is 6.15. The Labute approximate surface area is 211 Å². The number of carbonyl (C=O) groups is 1. The van der Waals surface area contributed by atoms with Crippen LogP contribution in [0.2, 0.25) is 0 Å². The van der Waals surface area contributed by atoms with Gasteiger partial charge in [0.2, 0.25) is 0 Å². The molecule has 4 rings (SSSR count). The number of nitrogens with zero attached hydrogens (tertiary/aromatic N) is 4. The van der Waals surface area contributed by atoms with E-state index in [1.165, 1.54) is 11.8 Å². The Hall–Kier alpha value is -3.78. The number of rotatable bonds is 9. The number of amides is 1. The van der Waals surface area contributed by atoms with Crippen molar-refractivity contribution in [1.29, 1.82) is 0 Å². The van der Waals surface area contributed by atoms with Gasteiger partial charge < -0.3 is 19.5 Å². The van der Waals surface area contributed by atoms with Gasteiger partial charge in [-0.15, -0.1) is 0 Å². The molecule has 1 N–H and O–H groups in total. The van der Waals surface area contributed by atoms with Crippen LogP contribution in [0.25, 0.3) is 22.3 Å². The lowest BCUT2D eigenvalue weighted by Gasteiger charge is -2.21. The number of fused-ring (bicyclic) bond motifs is 2. The number of benzene rings is 1. The van der Waals surface area contributed by atoms with Crippen molar-refractivity contribution in [3.8, 4) is 11.4 Å². The van der Waals surface area contributed by atoms with Crippen LogP contribution in [0.15, 0.2) is 60.8 Å². The van der Waals surface area contributed by atoms with Gasteiger partial charge in [-0.05, 0) is 45.1 Å². The quantitative estimate of drug-likeness (QED) is 0.400. The third-order valence-electron chi connectivity index (χ3n) is 6.15. The number of hydrogen-bond donors (Lipinski definition) is 1. The second-order valence-electron chi connectivity index (χ2n) is 8.78. The van der Waals surface area contributed by atoms with Crippen LogP contribution in [0.3, 0.4) is 0 Å². The highest BCUT2D eigenvalue weighted by atomic mass is 19.1. The molecule has 0 bridgehead atoms. The first kappa shape index (κ1) is 25.3. The molecule has 1 aromatic carbocycles. The van der Waals surface area contributed by atoms with E-state index in [-0.39, 0.29) is 12.5 Å². The summed E-state index contributed by atoms with van der Waals surface area (Å²) in [7, 11) is 1.85. The molecule has 2 aromatic heterocycles. The van der Waals surface area contributed by atoms with E-state index in [0.29, 0.717) is 37.1 Å². The van der Waals surface area contributed by atoms with Gasteiger partial charge in [0.15, 0.2) is 5.82 Å². The fraction of sp³-hybridized carbons (Fsp3) is 0.321. The van der Waals surface area contributed by atoms with Gasteiger partial charge in [-0.3, -0.25) is 4.79 Å². The molecular formula is C28H32FN5O2. The number of aryl methyl sites for hydroxylation is 1. The first-order valence-electron chi connectivity index (χ1n) is 12.1. The molecule has 0 aliphatic carbocycles. The Morgan fingerprint density at radius 1 is 1.33 bits per heavy atom. The van der Waals surface area contributed by atoms with Gasteiger partial charge in [-0.25, -0.2) is 14.4 Å². The van der Waals surface area contributed by atoms with Gasteiger partial charge in [0.1, 0.15) is 17.7 Å². The summed E-state index contributed by atoms with van der Waals surface area (Å²) in [5.74, 6) is 1.07. The molecule has 8 heteroatoms. The van der Waals surface area contributed by atoms with E-state index < -0.39 is 6.17 Å². The van der Waals surface area contributed by atoms with Gasteiger partial charge >= 0.3 is 0 Å². The molecule has 0 fully saturated rings. The summed E-state index contributed by atoms with van der Waals surface area (Å²) in [6, 6.07) is 7.74. The maximum atomic E-state index is 13.6. The van der Waals surface area contributed by atoms with Gasteiger partial charge in [-0.1, -0.05) is 30.9 Å². The molecule has 0 radical (unpaired) electrons. The Balaban J connectivity index is 1.74. The molecule has 1 aliphatic rings. The van der Waals surface area contributed by atoms with Gasteiger partial charge in [0.05, 0.1) is 25.5 Å².